The van der Waals surface area contributed by atoms with E-state index in [1.807, 2.05) is 24.3 Å². The number of aliphatic carboxylic acids is 1. The molecule has 0 bridgehead atoms. The van der Waals surface area contributed by atoms with E-state index in [4.69, 9.17) is 5.11 Å². The Labute approximate surface area is 103 Å². The minimum Gasteiger partial charge on any atom is -0.480 e. The highest BCUT2D eigenvalue weighted by Gasteiger charge is 2.28. The van der Waals surface area contributed by atoms with Gasteiger partial charge in [-0.3, -0.25) is 19.5 Å². The molecular weight excluding hydrogens is 232 g/mol. The quantitative estimate of drug-likeness (QED) is 0.766. The highest BCUT2D eigenvalue weighted by Crippen LogP contribution is 2.28. The number of aromatic nitrogens is 1. The summed E-state index contributed by atoms with van der Waals surface area (Å²) in [6.45, 7) is 0.402. The topological polar surface area (TPSA) is 71.3 Å². The number of carboxylic acid groups (broad SMARTS) is 1. The van der Waals surface area contributed by atoms with E-state index >= 15 is 0 Å². The molecule has 0 aliphatic carbocycles. The van der Waals surface area contributed by atoms with Crippen molar-refractivity contribution in [3.05, 3.63) is 35.5 Å². The van der Waals surface area contributed by atoms with E-state index < -0.39 is 12.0 Å². The van der Waals surface area contributed by atoms with Crippen LogP contribution < -0.4 is 5.32 Å². The molecule has 3 rings (SSSR count). The van der Waals surface area contributed by atoms with Crippen LogP contribution in [0, 0.1) is 0 Å². The van der Waals surface area contributed by atoms with Gasteiger partial charge in [-0.15, -0.1) is 0 Å². The van der Waals surface area contributed by atoms with Crippen molar-refractivity contribution in [3.63, 3.8) is 0 Å². The van der Waals surface area contributed by atoms with E-state index in [2.05, 4.69) is 5.32 Å². The van der Waals surface area contributed by atoms with E-state index in [9.17, 15) is 9.59 Å². The van der Waals surface area contributed by atoms with Gasteiger partial charge < -0.3 is 5.11 Å². The summed E-state index contributed by atoms with van der Waals surface area (Å²) in [5.41, 5.74) is 2.66. The first-order chi connectivity index (χ1) is 8.72. The normalized spacial score (nSPS) is 18.6. The minimum absolute atomic E-state index is 0.402. The lowest BCUT2D eigenvalue weighted by Crippen LogP contribution is -2.42. The van der Waals surface area contributed by atoms with Crippen molar-refractivity contribution in [2.24, 2.45) is 0 Å². The fraction of sp³-hybridized carbons (Fsp3) is 0.231. The Hall–Kier alpha value is -2.14. The molecule has 0 unspecified atom stereocenters. The summed E-state index contributed by atoms with van der Waals surface area (Å²) in [6.07, 6.45) is 1.19. The van der Waals surface area contributed by atoms with Crippen LogP contribution in [-0.2, 0) is 22.6 Å². The van der Waals surface area contributed by atoms with Crippen LogP contribution in [0.5, 0.6) is 0 Å². The summed E-state index contributed by atoms with van der Waals surface area (Å²) >= 11 is 0. The zero-order chi connectivity index (χ0) is 12.7. The number of nitrogens with zero attached hydrogens (tertiary/aromatic N) is 1. The van der Waals surface area contributed by atoms with Gasteiger partial charge in [-0.05, 0) is 11.6 Å². The van der Waals surface area contributed by atoms with Crippen LogP contribution in [0.3, 0.4) is 0 Å². The highest BCUT2D eigenvalue weighted by molar-refractivity contribution is 5.91. The Morgan fingerprint density at radius 3 is 2.94 bits per heavy atom. The van der Waals surface area contributed by atoms with Crippen molar-refractivity contribution in [1.29, 1.82) is 0 Å². The summed E-state index contributed by atoms with van der Waals surface area (Å²) in [5, 5.41) is 13.0. The van der Waals surface area contributed by atoms with Gasteiger partial charge in [0.25, 0.3) is 0 Å². The van der Waals surface area contributed by atoms with Crippen LogP contribution in [0.2, 0.25) is 0 Å². The average Bonchev–Trinajstić information content (AvgIpc) is 2.71. The van der Waals surface area contributed by atoms with E-state index in [0.717, 1.165) is 28.6 Å². The lowest BCUT2D eigenvalue weighted by Gasteiger charge is -2.21. The molecule has 2 aromatic rings. The van der Waals surface area contributed by atoms with Crippen molar-refractivity contribution in [2.75, 3.05) is 0 Å². The van der Waals surface area contributed by atoms with Crippen molar-refractivity contribution in [3.8, 4) is 0 Å². The van der Waals surface area contributed by atoms with Gasteiger partial charge in [0, 0.05) is 24.0 Å². The van der Waals surface area contributed by atoms with E-state index in [1.54, 1.807) is 4.57 Å². The number of hydrogen-bond donors (Lipinski definition) is 2. The number of rotatable bonds is 2. The molecular formula is C13H12N2O3. The predicted octanol–water partition coefficient (Wildman–Crippen LogP) is 0.778. The monoisotopic (exact) mass is 244 g/mol. The Kier molecular flexibility index (Phi) is 2.41. The number of carbonyl (C=O) groups excluding carboxylic acids is 1. The largest absolute Gasteiger partial charge is 0.480 e. The maximum atomic E-state index is 11.2. The summed E-state index contributed by atoms with van der Waals surface area (Å²) in [7, 11) is 0. The first kappa shape index (κ1) is 11.0. The van der Waals surface area contributed by atoms with Crippen molar-refractivity contribution in [2.45, 2.75) is 19.0 Å². The summed E-state index contributed by atoms with van der Waals surface area (Å²) < 4.78 is 1.59. The van der Waals surface area contributed by atoms with Crippen LogP contribution in [0.25, 0.3) is 10.9 Å². The molecule has 1 aromatic heterocycles. The first-order valence-corrected chi connectivity index (χ1v) is 5.74. The van der Waals surface area contributed by atoms with Gasteiger partial charge in [0.1, 0.15) is 6.04 Å². The molecule has 5 heteroatoms. The average molecular weight is 244 g/mol. The summed E-state index contributed by atoms with van der Waals surface area (Å²) in [5.74, 6) is -0.858. The number of fused-ring (bicyclic) bond motifs is 3. The van der Waals surface area contributed by atoms with Crippen molar-refractivity contribution < 1.29 is 14.7 Å². The molecule has 5 nitrogen and oxygen atoms in total. The Morgan fingerprint density at radius 2 is 2.22 bits per heavy atom. The number of para-hydroxylation sites is 1. The molecule has 0 spiro atoms. The maximum absolute atomic E-state index is 11.2. The third-order valence-corrected chi connectivity index (χ3v) is 3.46. The van der Waals surface area contributed by atoms with Crippen molar-refractivity contribution >= 4 is 23.3 Å². The van der Waals surface area contributed by atoms with Crippen LogP contribution in [0.4, 0.5) is 0 Å². The van der Waals surface area contributed by atoms with Gasteiger partial charge >= 0.3 is 5.97 Å². The molecule has 2 N–H and O–H groups in total. The number of carbonyl (C=O) groups is 2. The van der Waals surface area contributed by atoms with Crippen LogP contribution in [-0.4, -0.2) is 28.1 Å². The lowest BCUT2D eigenvalue weighted by atomic mass is 9.99. The second-order valence-corrected chi connectivity index (χ2v) is 4.39. The van der Waals surface area contributed by atoms with Gasteiger partial charge in [0.05, 0.1) is 5.52 Å². The Balaban J connectivity index is 2.22. The number of nitrogens with one attached hydrogen (secondary N) is 1. The van der Waals surface area contributed by atoms with Crippen LogP contribution >= 0.6 is 0 Å². The molecule has 1 aliphatic heterocycles. The fourth-order valence-corrected chi connectivity index (χ4v) is 2.60. The van der Waals surface area contributed by atoms with Gasteiger partial charge in [-0.1, -0.05) is 18.2 Å². The third kappa shape index (κ3) is 1.44. The van der Waals surface area contributed by atoms with Gasteiger partial charge in [0.2, 0.25) is 6.41 Å². The fourth-order valence-electron chi connectivity index (χ4n) is 2.60. The van der Waals surface area contributed by atoms with Gasteiger partial charge in [0.15, 0.2) is 0 Å². The molecule has 1 aliphatic rings. The number of hydrogen-bond acceptors (Lipinski definition) is 3. The van der Waals surface area contributed by atoms with Gasteiger partial charge in [-0.25, -0.2) is 0 Å². The minimum atomic E-state index is -0.858. The van der Waals surface area contributed by atoms with E-state index in [0.29, 0.717) is 13.0 Å². The smallest absolute Gasteiger partial charge is 0.321 e. The zero-order valence-electron chi connectivity index (χ0n) is 9.59. The molecule has 2 heterocycles. The second kappa shape index (κ2) is 3.96. The standard InChI is InChI=1S/C13H12N2O3/c16-7-15-11-4-2-1-3-8(11)9-5-10(13(17)18)14-6-12(9)15/h1-4,7,10,14H,5-6H2,(H,17,18)/t10-/m0/s1. The molecule has 18 heavy (non-hydrogen) atoms. The molecule has 1 atom stereocenters. The van der Waals surface area contributed by atoms with Gasteiger partial charge in [-0.2, -0.15) is 0 Å². The Bertz CT molecular complexity index is 645. The molecule has 0 amide bonds. The van der Waals surface area contributed by atoms with Crippen LogP contribution in [0.15, 0.2) is 24.3 Å². The summed E-state index contributed by atoms with van der Waals surface area (Å²) in [6, 6.07) is 6.99. The van der Waals surface area contributed by atoms with Crippen LogP contribution in [0.1, 0.15) is 11.3 Å². The molecule has 0 fully saturated rings. The van der Waals surface area contributed by atoms with E-state index in [-0.39, 0.29) is 0 Å². The maximum Gasteiger partial charge on any atom is 0.321 e. The lowest BCUT2D eigenvalue weighted by molar-refractivity contribution is -0.139. The molecule has 0 saturated carbocycles. The highest BCUT2D eigenvalue weighted by atomic mass is 16.4. The first-order valence-electron chi connectivity index (χ1n) is 5.74. The second-order valence-electron chi connectivity index (χ2n) is 4.39. The zero-order valence-corrected chi connectivity index (χ0v) is 9.59. The predicted molar refractivity (Wildman–Crippen MR) is 66.1 cm³/mol. The molecule has 92 valence electrons. The Morgan fingerprint density at radius 1 is 1.44 bits per heavy atom. The molecule has 0 radical (unpaired) electrons. The molecule has 1 aromatic carbocycles. The van der Waals surface area contributed by atoms with E-state index in [1.165, 1.54) is 0 Å². The molecule has 0 saturated heterocycles. The van der Waals surface area contributed by atoms with Crippen molar-refractivity contribution in [1.82, 2.24) is 9.88 Å². The number of benzene rings is 1. The number of carboxylic acids is 1. The summed E-state index contributed by atoms with van der Waals surface area (Å²) in [4.78, 5) is 22.2. The third-order valence-electron chi connectivity index (χ3n) is 3.46. The SMILES string of the molecule is O=Cn1c2c(c3ccccc31)C[C@@H](C(=O)O)NC2.